The monoisotopic (exact) mass is 248 g/mol. The van der Waals surface area contributed by atoms with Gasteiger partial charge in [-0.15, -0.1) is 0 Å². The number of halogens is 3. The number of carbonyl (C=O) groups is 1. The van der Waals surface area contributed by atoms with Gasteiger partial charge in [-0.05, 0) is 25.7 Å². The van der Waals surface area contributed by atoms with E-state index in [1.807, 2.05) is 6.07 Å². The van der Waals surface area contributed by atoms with E-state index in [2.05, 4.69) is 0 Å². The number of hydrogen-bond acceptors (Lipinski definition) is 2. The van der Waals surface area contributed by atoms with Gasteiger partial charge in [0.25, 0.3) is 0 Å². The third-order valence-corrected chi connectivity index (χ3v) is 3.22. The second-order valence-electron chi connectivity index (χ2n) is 4.44. The third kappa shape index (κ3) is 3.62. The Bertz CT molecular complexity index is 314. The molecular formula is C11H15F3N2O. The first kappa shape index (κ1) is 13.8. The van der Waals surface area contributed by atoms with Crippen LogP contribution in [0.25, 0.3) is 0 Å². The normalized spacial score (nSPS) is 25.1. The molecule has 1 fully saturated rings. The molecule has 1 saturated carbocycles. The molecule has 0 atom stereocenters. The van der Waals surface area contributed by atoms with E-state index in [0.717, 1.165) is 0 Å². The van der Waals surface area contributed by atoms with E-state index in [1.54, 1.807) is 0 Å². The molecule has 1 aliphatic rings. The molecule has 0 heterocycles. The molecule has 17 heavy (non-hydrogen) atoms. The first-order valence-corrected chi connectivity index (χ1v) is 5.55. The number of nitriles is 1. The van der Waals surface area contributed by atoms with Gasteiger partial charge in [0.15, 0.2) is 0 Å². The zero-order valence-corrected chi connectivity index (χ0v) is 9.63. The van der Waals surface area contributed by atoms with Gasteiger partial charge >= 0.3 is 6.18 Å². The van der Waals surface area contributed by atoms with E-state index >= 15 is 0 Å². The van der Waals surface area contributed by atoms with Crippen LogP contribution in [0, 0.1) is 23.2 Å². The summed E-state index contributed by atoms with van der Waals surface area (Å²) in [5.74, 6) is -1.84. The fraction of sp³-hybridized carbons (Fsp3) is 0.818. The second-order valence-corrected chi connectivity index (χ2v) is 4.44. The molecule has 0 aromatic rings. The molecule has 0 aromatic carbocycles. The van der Waals surface area contributed by atoms with Crippen molar-refractivity contribution >= 4 is 5.91 Å². The fourth-order valence-electron chi connectivity index (χ4n) is 2.16. The lowest BCUT2D eigenvalue weighted by Crippen LogP contribution is -2.37. The molecule has 1 aliphatic carbocycles. The molecule has 0 radical (unpaired) electrons. The van der Waals surface area contributed by atoms with Crippen molar-refractivity contribution in [1.29, 1.82) is 5.26 Å². The lowest BCUT2D eigenvalue weighted by Gasteiger charge is -2.30. The minimum absolute atomic E-state index is 0.0142. The van der Waals surface area contributed by atoms with Crippen LogP contribution in [0.1, 0.15) is 25.7 Å². The Morgan fingerprint density at radius 3 is 2.29 bits per heavy atom. The van der Waals surface area contributed by atoms with Gasteiger partial charge in [0.05, 0.1) is 12.0 Å². The summed E-state index contributed by atoms with van der Waals surface area (Å²) < 4.78 is 37.2. The van der Waals surface area contributed by atoms with Crippen molar-refractivity contribution in [2.75, 3.05) is 13.6 Å². The lowest BCUT2D eigenvalue weighted by molar-refractivity contribution is -0.185. The Kier molecular flexibility index (Phi) is 4.38. The number of alkyl halides is 3. The molecule has 0 saturated heterocycles. The van der Waals surface area contributed by atoms with Gasteiger partial charge in [-0.3, -0.25) is 4.79 Å². The number of hydrogen-bond donors (Lipinski definition) is 0. The molecule has 3 nitrogen and oxygen atoms in total. The van der Waals surface area contributed by atoms with Gasteiger partial charge in [0.1, 0.15) is 6.54 Å². The molecular weight excluding hydrogens is 233 g/mol. The van der Waals surface area contributed by atoms with Crippen LogP contribution in [0.3, 0.4) is 0 Å². The van der Waals surface area contributed by atoms with Gasteiger partial charge in [-0.1, -0.05) is 0 Å². The predicted molar refractivity (Wildman–Crippen MR) is 54.8 cm³/mol. The minimum Gasteiger partial charge on any atom is -0.332 e. The molecule has 96 valence electrons. The van der Waals surface area contributed by atoms with Crippen LogP contribution >= 0.6 is 0 Å². The Morgan fingerprint density at radius 2 is 1.88 bits per heavy atom. The number of amides is 1. The topological polar surface area (TPSA) is 44.1 Å². The number of carbonyl (C=O) groups excluding carboxylic acids is 1. The molecule has 0 N–H and O–H groups in total. The smallest absolute Gasteiger partial charge is 0.332 e. The molecule has 1 amide bonds. The highest BCUT2D eigenvalue weighted by Gasteiger charge is 2.42. The molecule has 6 heteroatoms. The molecule has 0 aliphatic heterocycles. The average molecular weight is 248 g/mol. The Morgan fingerprint density at radius 1 is 1.35 bits per heavy atom. The van der Waals surface area contributed by atoms with Gasteiger partial charge in [-0.25, -0.2) is 0 Å². The maximum absolute atomic E-state index is 12.4. The molecule has 1 rings (SSSR count). The van der Waals surface area contributed by atoms with Crippen molar-refractivity contribution < 1.29 is 18.0 Å². The van der Waals surface area contributed by atoms with Crippen LogP contribution in [0.15, 0.2) is 0 Å². The van der Waals surface area contributed by atoms with Gasteiger partial charge in [0.2, 0.25) is 5.91 Å². The first-order chi connectivity index (χ1) is 7.86. The van der Waals surface area contributed by atoms with Crippen molar-refractivity contribution in [3.05, 3.63) is 0 Å². The van der Waals surface area contributed by atoms with E-state index in [0.29, 0.717) is 0 Å². The van der Waals surface area contributed by atoms with Gasteiger partial charge in [0, 0.05) is 13.0 Å². The zero-order chi connectivity index (χ0) is 13.1. The van der Waals surface area contributed by atoms with Gasteiger partial charge < -0.3 is 4.90 Å². The maximum atomic E-state index is 12.4. The predicted octanol–water partition coefficient (Wildman–Crippen LogP) is 2.34. The van der Waals surface area contributed by atoms with Crippen LogP contribution in [0.2, 0.25) is 0 Å². The largest absolute Gasteiger partial charge is 0.391 e. The van der Waals surface area contributed by atoms with Crippen molar-refractivity contribution in [3.63, 3.8) is 0 Å². The van der Waals surface area contributed by atoms with E-state index in [4.69, 9.17) is 5.26 Å². The van der Waals surface area contributed by atoms with E-state index in [1.165, 1.54) is 11.9 Å². The van der Waals surface area contributed by atoms with Crippen LogP contribution in [-0.2, 0) is 4.79 Å². The highest BCUT2D eigenvalue weighted by molar-refractivity contribution is 5.78. The highest BCUT2D eigenvalue weighted by Crippen LogP contribution is 2.39. The quantitative estimate of drug-likeness (QED) is 0.704. The summed E-state index contributed by atoms with van der Waals surface area (Å²) in [6, 6.07) is 1.85. The van der Waals surface area contributed by atoms with Crippen LogP contribution in [-0.4, -0.2) is 30.6 Å². The fourth-order valence-corrected chi connectivity index (χ4v) is 2.16. The van der Waals surface area contributed by atoms with Gasteiger partial charge in [-0.2, -0.15) is 18.4 Å². The molecule has 0 aromatic heterocycles. The summed E-state index contributed by atoms with van der Waals surface area (Å²) in [6.45, 7) is -0.0158. The van der Waals surface area contributed by atoms with Crippen LogP contribution in [0.5, 0.6) is 0 Å². The summed E-state index contributed by atoms with van der Waals surface area (Å²) in [4.78, 5) is 13.0. The first-order valence-electron chi connectivity index (χ1n) is 5.55. The van der Waals surface area contributed by atoms with Crippen LogP contribution < -0.4 is 0 Å². The second kappa shape index (κ2) is 5.39. The summed E-state index contributed by atoms with van der Waals surface area (Å²) >= 11 is 0. The highest BCUT2D eigenvalue weighted by atomic mass is 19.4. The average Bonchev–Trinajstić information content (AvgIpc) is 2.27. The maximum Gasteiger partial charge on any atom is 0.391 e. The molecule has 0 spiro atoms. The third-order valence-electron chi connectivity index (χ3n) is 3.22. The van der Waals surface area contributed by atoms with E-state index in [9.17, 15) is 18.0 Å². The lowest BCUT2D eigenvalue weighted by atomic mass is 9.81. The van der Waals surface area contributed by atoms with E-state index < -0.39 is 12.1 Å². The Labute approximate surface area is 98.2 Å². The summed E-state index contributed by atoms with van der Waals surface area (Å²) in [6.07, 6.45) is -3.59. The number of rotatable bonds is 2. The van der Waals surface area contributed by atoms with E-state index in [-0.39, 0.29) is 44.1 Å². The van der Waals surface area contributed by atoms with Crippen molar-refractivity contribution in [2.24, 2.45) is 11.8 Å². The van der Waals surface area contributed by atoms with Crippen molar-refractivity contribution in [2.45, 2.75) is 31.9 Å². The Balaban J connectivity index is 2.47. The minimum atomic E-state index is -4.15. The SMILES string of the molecule is CN(CC#N)C(=O)C1CCC(C(F)(F)F)CC1. The zero-order valence-electron chi connectivity index (χ0n) is 9.63. The van der Waals surface area contributed by atoms with Crippen LogP contribution in [0.4, 0.5) is 13.2 Å². The number of nitrogens with zero attached hydrogens (tertiary/aromatic N) is 2. The standard InChI is InChI=1S/C11H15F3N2O/c1-16(7-6-15)10(17)8-2-4-9(5-3-8)11(12,13)14/h8-9H,2-5,7H2,1H3. The summed E-state index contributed by atoms with van der Waals surface area (Å²) in [5, 5.41) is 8.44. The molecule has 0 unspecified atom stereocenters. The van der Waals surface area contributed by atoms with Crippen molar-refractivity contribution in [3.8, 4) is 6.07 Å². The summed E-state index contributed by atoms with van der Waals surface area (Å²) in [5.41, 5.74) is 0. The van der Waals surface area contributed by atoms with Crippen molar-refractivity contribution in [1.82, 2.24) is 4.90 Å². The molecule has 0 bridgehead atoms. The Hall–Kier alpha value is -1.25. The summed E-state index contributed by atoms with van der Waals surface area (Å²) in [7, 11) is 1.50.